The first-order valence-electron chi connectivity index (χ1n) is 3.60. The molecule has 0 spiro atoms. The third-order valence-corrected chi connectivity index (χ3v) is 3.56. The molecule has 1 rings (SSSR count). The van der Waals surface area contributed by atoms with Crippen LogP contribution < -0.4 is 0 Å². The van der Waals surface area contributed by atoms with E-state index >= 15 is 0 Å². The Morgan fingerprint density at radius 3 is 2.40 bits per heavy atom. The number of halogens is 1. The van der Waals surface area contributed by atoms with E-state index in [-0.39, 0.29) is 9.26 Å². The smallest absolute Gasteiger partial charge is 0.272 e. The third-order valence-electron chi connectivity index (χ3n) is 1.62. The Hall–Kier alpha value is -0.900. The molecular formula is C7H6INO5S. The highest BCUT2D eigenvalue weighted by molar-refractivity contribution is 14.1. The van der Waals surface area contributed by atoms with E-state index in [1.165, 1.54) is 0 Å². The highest BCUT2D eigenvalue weighted by Crippen LogP contribution is 2.32. The van der Waals surface area contributed by atoms with Crippen LogP contribution in [0.5, 0.6) is 5.75 Å². The molecule has 15 heavy (non-hydrogen) atoms. The first-order chi connectivity index (χ1) is 6.73. The Morgan fingerprint density at radius 1 is 1.47 bits per heavy atom. The van der Waals surface area contributed by atoms with Gasteiger partial charge in [-0.05, 0) is 22.6 Å². The second-order valence-electron chi connectivity index (χ2n) is 2.80. The van der Waals surface area contributed by atoms with Gasteiger partial charge in [-0.15, -0.1) is 0 Å². The number of benzene rings is 1. The molecule has 0 aliphatic rings. The van der Waals surface area contributed by atoms with Crippen molar-refractivity contribution in [2.75, 3.05) is 6.26 Å². The van der Waals surface area contributed by atoms with Crippen molar-refractivity contribution in [3.63, 3.8) is 0 Å². The zero-order valence-corrected chi connectivity index (χ0v) is 10.4. The summed E-state index contributed by atoms with van der Waals surface area (Å²) in [6.45, 7) is 0. The second kappa shape index (κ2) is 3.93. The van der Waals surface area contributed by atoms with Crippen molar-refractivity contribution < 1.29 is 18.4 Å². The number of hydrogen-bond acceptors (Lipinski definition) is 5. The molecule has 1 N–H and O–H groups in total. The Kier molecular flexibility index (Phi) is 3.19. The molecule has 0 bridgehead atoms. The molecule has 0 saturated heterocycles. The largest absolute Gasteiger partial charge is 0.505 e. The summed E-state index contributed by atoms with van der Waals surface area (Å²) in [7, 11) is -3.67. The summed E-state index contributed by atoms with van der Waals surface area (Å²) in [5.74, 6) is -0.455. The number of nitro benzene ring substituents is 1. The van der Waals surface area contributed by atoms with Crippen LogP contribution in [0.1, 0.15) is 0 Å². The van der Waals surface area contributed by atoms with Crippen molar-refractivity contribution in [2.45, 2.75) is 4.90 Å². The summed E-state index contributed by atoms with van der Waals surface area (Å²) in [6, 6.07) is 1.94. The fraction of sp³-hybridized carbons (Fsp3) is 0.143. The lowest BCUT2D eigenvalue weighted by Gasteiger charge is -2.03. The Balaban J connectivity index is 3.59. The van der Waals surface area contributed by atoms with Gasteiger partial charge in [0.15, 0.2) is 9.84 Å². The van der Waals surface area contributed by atoms with Gasteiger partial charge < -0.3 is 5.11 Å². The summed E-state index contributed by atoms with van der Waals surface area (Å²) in [5.41, 5.74) is -0.363. The van der Waals surface area contributed by atoms with Crippen LogP contribution in [0.25, 0.3) is 0 Å². The topological polar surface area (TPSA) is 97.5 Å². The SMILES string of the molecule is CS(=O)(=O)c1cc([N+](=O)[O-])cc(I)c1O. The van der Waals surface area contributed by atoms with Crippen molar-refractivity contribution in [1.82, 2.24) is 0 Å². The Labute approximate surface area is 99.1 Å². The highest BCUT2D eigenvalue weighted by Gasteiger charge is 2.21. The van der Waals surface area contributed by atoms with Gasteiger partial charge in [0.05, 0.1) is 8.49 Å². The summed E-state index contributed by atoms with van der Waals surface area (Å²) < 4.78 is 22.5. The number of phenolic OH excluding ortho intramolecular Hbond substituents is 1. The van der Waals surface area contributed by atoms with Crippen molar-refractivity contribution in [3.8, 4) is 5.75 Å². The molecule has 0 heterocycles. The fourth-order valence-electron chi connectivity index (χ4n) is 0.948. The average Bonchev–Trinajstić information content (AvgIpc) is 2.06. The molecule has 0 aliphatic carbocycles. The van der Waals surface area contributed by atoms with Crippen molar-refractivity contribution in [2.24, 2.45) is 0 Å². The molecular weight excluding hydrogens is 337 g/mol. The zero-order chi connectivity index (χ0) is 11.8. The minimum Gasteiger partial charge on any atom is -0.505 e. The van der Waals surface area contributed by atoms with Crippen LogP contribution in [0, 0.1) is 13.7 Å². The predicted molar refractivity (Wildman–Crippen MR) is 60.6 cm³/mol. The molecule has 6 nitrogen and oxygen atoms in total. The van der Waals surface area contributed by atoms with E-state index in [4.69, 9.17) is 0 Å². The lowest BCUT2D eigenvalue weighted by atomic mass is 10.3. The minimum absolute atomic E-state index is 0.127. The number of nitro groups is 1. The minimum atomic E-state index is -3.67. The zero-order valence-electron chi connectivity index (χ0n) is 7.47. The number of aromatic hydroxyl groups is 1. The van der Waals surface area contributed by atoms with Crippen molar-refractivity contribution in [3.05, 3.63) is 25.8 Å². The van der Waals surface area contributed by atoms with E-state index in [1.54, 1.807) is 22.6 Å². The lowest BCUT2D eigenvalue weighted by Crippen LogP contribution is -2.00. The average molecular weight is 343 g/mol. The van der Waals surface area contributed by atoms with Gasteiger partial charge in [0.1, 0.15) is 10.6 Å². The van der Waals surface area contributed by atoms with Crippen LogP contribution in [-0.2, 0) is 9.84 Å². The van der Waals surface area contributed by atoms with Gasteiger partial charge in [-0.3, -0.25) is 10.1 Å². The predicted octanol–water partition coefficient (Wildman–Crippen LogP) is 1.31. The number of phenols is 1. The molecule has 0 unspecified atom stereocenters. The molecule has 0 atom stereocenters. The van der Waals surface area contributed by atoms with Gasteiger partial charge in [0.2, 0.25) is 0 Å². The van der Waals surface area contributed by atoms with E-state index < -0.39 is 25.4 Å². The molecule has 0 saturated carbocycles. The van der Waals surface area contributed by atoms with Crippen LogP contribution in [0.4, 0.5) is 5.69 Å². The normalized spacial score (nSPS) is 11.3. The van der Waals surface area contributed by atoms with Gasteiger partial charge in [0.25, 0.3) is 5.69 Å². The van der Waals surface area contributed by atoms with Crippen LogP contribution >= 0.6 is 22.6 Å². The maximum absolute atomic E-state index is 11.2. The van der Waals surface area contributed by atoms with Crippen LogP contribution in [0.15, 0.2) is 17.0 Å². The second-order valence-corrected chi connectivity index (χ2v) is 5.95. The molecule has 0 amide bonds. The Morgan fingerprint density at radius 2 is 2.00 bits per heavy atom. The number of non-ortho nitro benzene ring substituents is 1. The molecule has 1 aromatic rings. The van der Waals surface area contributed by atoms with E-state index in [0.29, 0.717) is 0 Å². The number of sulfone groups is 1. The quantitative estimate of drug-likeness (QED) is 0.496. The lowest BCUT2D eigenvalue weighted by molar-refractivity contribution is -0.385. The van der Waals surface area contributed by atoms with Crippen LogP contribution in [0.2, 0.25) is 0 Å². The monoisotopic (exact) mass is 343 g/mol. The first kappa shape index (κ1) is 12.2. The van der Waals surface area contributed by atoms with Gasteiger partial charge >= 0.3 is 0 Å². The van der Waals surface area contributed by atoms with Gasteiger partial charge in [-0.1, -0.05) is 0 Å². The maximum atomic E-state index is 11.2. The summed E-state index contributed by atoms with van der Waals surface area (Å²) in [5, 5.41) is 19.9. The summed E-state index contributed by atoms with van der Waals surface area (Å²) >= 11 is 1.63. The maximum Gasteiger partial charge on any atom is 0.272 e. The molecule has 8 heteroatoms. The van der Waals surface area contributed by atoms with E-state index in [1.807, 2.05) is 0 Å². The molecule has 0 fully saturated rings. The van der Waals surface area contributed by atoms with Crippen LogP contribution in [-0.4, -0.2) is 24.7 Å². The number of hydrogen-bond donors (Lipinski definition) is 1. The van der Waals surface area contributed by atoms with Crippen molar-refractivity contribution >= 4 is 38.1 Å². The molecule has 0 radical (unpaired) electrons. The molecule has 0 aliphatic heterocycles. The van der Waals surface area contributed by atoms with Gasteiger partial charge in [-0.25, -0.2) is 8.42 Å². The van der Waals surface area contributed by atoms with Crippen LogP contribution in [0.3, 0.4) is 0 Å². The first-order valence-corrected chi connectivity index (χ1v) is 6.57. The van der Waals surface area contributed by atoms with Gasteiger partial charge in [0, 0.05) is 18.4 Å². The third kappa shape index (κ3) is 2.56. The highest BCUT2D eigenvalue weighted by atomic mass is 127. The summed E-state index contributed by atoms with van der Waals surface area (Å²) in [6.07, 6.45) is 0.877. The molecule has 1 aromatic carbocycles. The van der Waals surface area contributed by atoms with E-state index in [2.05, 4.69) is 0 Å². The molecule has 82 valence electrons. The number of rotatable bonds is 2. The Bertz CT molecular complexity index is 524. The van der Waals surface area contributed by atoms with E-state index in [0.717, 1.165) is 18.4 Å². The summed E-state index contributed by atoms with van der Waals surface area (Å²) in [4.78, 5) is 9.33. The van der Waals surface area contributed by atoms with E-state index in [9.17, 15) is 23.6 Å². The van der Waals surface area contributed by atoms with Gasteiger partial charge in [-0.2, -0.15) is 0 Å². The number of nitrogens with zero attached hydrogens (tertiary/aromatic N) is 1. The fourth-order valence-corrected chi connectivity index (χ4v) is 2.54. The standard InChI is InChI=1S/C7H6INO5S/c1-15(13,14)6-3-4(9(11)12)2-5(8)7(6)10/h2-3,10H,1H3. The molecule has 0 aromatic heterocycles. The van der Waals surface area contributed by atoms with Crippen molar-refractivity contribution in [1.29, 1.82) is 0 Å².